The van der Waals surface area contributed by atoms with Crippen LogP contribution in [0, 0.1) is 0 Å². The average Bonchev–Trinajstić information content (AvgIpc) is 2.35. The second-order valence-electron chi connectivity index (χ2n) is 3.93. The maximum atomic E-state index is 11.6. The van der Waals surface area contributed by atoms with Gasteiger partial charge in [0.1, 0.15) is 0 Å². The van der Waals surface area contributed by atoms with Crippen molar-refractivity contribution in [3.05, 3.63) is 24.3 Å². The van der Waals surface area contributed by atoms with Gasteiger partial charge in [-0.25, -0.2) is 13.1 Å². The van der Waals surface area contributed by atoms with Gasteiger partial charge in [0, 0.05) is 6.04 Å². The topological polar surface area (TPSA) is 46.2 Å². The molecule has 0 radical (unpaired) electrons. The Balaban J connectivity index is 2.72. The summed E-state index contributed by atoms with van der Waals surface area (Å²) in [5.41, 5.74) is 1.79. The lowest BCUT2D eigenvalue weighted by Crippen LogP contribution is -2.38. The minimum Gasteiger partial charge on any atom is -0.212 e. The molecule has 0 bridgehead atoms. The van der Waals surface area contributed by atoms with Crippen molar-refractivity contribution in [2.45, 2.75) is 38.0 Å². The van der Waals surface area contributed by atoms with Crippen LogP contribution in [0.4, 0.5) is 0 Å². The summed E-state index contributed by atoms with van der Waals surface area (Å²) >= 11 is 0. The maximum Gasteiger partial charge on any atom is 0.214 e. The van der Waals surface area contributed by atoms with Gasteiger partial charge in [-0.05, 0) is 32.3 Å². The molecule has 1 aliphatic carbocycles. The molecule has 0 aromatic heterocycles. The number of hydrogen-bond donors (Lipinski definition) is 1. The van der Waals surface area contributed by atoms with Crippen LogP contribution in [0.1, 0.15) is 26.7 Å². The Kier molecular flexibility index (Phi) is 3.17. The van der Waals surface area contributed by atoms with Gasteiger partial charge in [0.15, 0.2) is 0 Å². The molecule has 1 N–H and O–H groups in total. The van der Waals surface area contributed by atoms with Crippen molar-refractivity contribution in [1.29, 1.82) is 0 Å². The van der Waals surface area contributed by atoms with Gasteiger partial charge in [0.25, 0.3) is 0 Å². The van der Waals surface area contributed by atoms with Gasteiger partial charge >= 0.3 is 0 Å². The molecule has 0 aliphatic heterocycles. The van der Waals surface area contributed by atoms with E-state index in [0.29, 0.717) is 0 Å². The van der Waals surface area contributed by atoms with Gasteiger partial charge < -0.3 is 0 Å². The second-order valence-corrected chi connectivity index (χ2v) is 6.20. The van der Waals surface area contributed by atoms with Crippen molar-refractivity contribution < 1.29 is 8.42 Å². The van der Waals surface area contributed by atoms with Crippen LogP contribution in [0.5, 0.6) is 0 Å². The first-order valence-electron chi connectivity index (χ1n) is 4.72. The summed E-state index contributed by atoms with van der Waals surface area (Å²) in [6.45, 7) is 11.0. The number of rotatable bonds is 3. The SMILES string of the molecule is C=C1CCC(NS(=O)(=O)C(C)C)C1=C. The minimum absolute atomic E-state index is 0.144. The van der Waals surface area contributed by atoms with Crippen LogP contribution in [0.15, 0.2) is 24.3 Å². The fourth-order valence-corrected chi connectivity index (χ4v) is 2.29. The third kappa shape index (κ3) is 2.25. The molecule has 14 heavy (non-hydrogen) atoms. The normalized spacial score (nSPS) is 23.5. The summed E-state index contributed by atoms with van der Waals surface area (Å²) in [7, 11) is -3.19. The Morgan fingerprint density at radius 2 is 2.00 bits per heavy atom. The Morgan fingerprint density at radius 3 is 2.36 bits per heavy atom. The fourth-order valence-electron chi connectivity index (χ4n) is 1.36. The van der Waals surface area contributed by atoms with E-state index in [4.69, 9.17) is 0 Å². The van der Waals surface area contributed by atoms with Gasteiger partial charge in [-0.3, -0.25) is 0 Å². The Bertz CT molecular complexity index is 354. The van der Waals surface area contributed by atoms with E-state index in [2.05, 4.69) is 17.9 Å². The molecule has 0 aromatic rings. The molecule has 1 fully saturated rings. The smallest absolute Gasteiger partial charge is 0.212 e. The first-order valence-corrected chi connectivity index (χ1v) is 6.27. The van der Waals surface area contributed by atoms with Crippen molar-refractivity contribution in [1.82, 2.24) is 4.72 Å². The average molecular weight is 215 g/mol. The van der Waals surface area contributed by atoms with Crippen molar-refractivity contribution in [3.8, 4) is 0 Å². The van der Waals surface area contributed by atoms with E-state index < -0.39 is 15.3 Å². The lowest BCUT2D eigenvalue weighted by molar-refractivity contribution is 0.559. The van der Waals surface area contributed by atoms with Crippen LogP contribution in [0.2, 0.25) is 0 Å². The zero-order chi connectivity index (χ0) is 10.9. The standard InChI is InChI=1S/C10H17NO2S/c1-7(2)14(12,13)11-10-6-5-8(3)9(10)4/h7,10-11H,3-6H2,1-2H3. The first-order chi connectivity index (χ1) is 6.34. The molecule has 0 heterocycles. The van der Waals surface area contributed by atoms with E-state index in [9.17, 15) is 8.42 Å². The molecule has 0 saturated heterocycles. The van der Waals surface area contributed by atoms with Crippen LogP contribution >= 0.6 is 0 Å². The lowest BCUT2D eigenvalue weighted by Gasteiger charge is -2.16. The summed E-state index contributed by atoms with van der Waals surface area (Å²) in [4.78, 5) is 0. The van der Waals surface area contributed by atoms with Gasteiger partial charge in [-0.2, -0.15) is 0 Å². The van der Waals surface area contributed by atoms with E-state index in [1.807, 2.05) is 0 Å². The molecule has 3 nitrogen and oxygen atoms in total. The predicted molar refractivity (Wildman–Crippen MR) is 58.5 cm³/mol. The molecule has 1 rings (SSSR count). The summed E-state index contributed by atoms with van der Waals surface area (Å²) in [5.74, 6) is 0. The van der Waals surface area contributed by atoms with E-state index in [-0.39, 0.29) is 6.04 Å². The molecular weight excluding hydrogens is 198 g/mol. The van der Waals surface area contributed by atoms with Gasteiger partial charge in [-0.1, -0.05) is 18.7 Å². The van der Waals surface area contributed by atoms with Crippen molar-refractivity contribution >= 4 is 10.0 Å². The predicted octanol–water partition coefficient (Wildman–Crippen LogP) is 1.59. The Morgan fingerprint density at radius 1 is 1.43 bits per heavy atom. The summed E-state index contributed by atoms with van der Waals surface area (Å²) in [5, 5.41) is -0.399. The van der Waals surface area contributed by atoms with E-state index >= 15 is 0 Å². The summed E-state index contributed by atoms with van der Waals surface area (Å²) < 4.78 is 25.8. The lowest BCUT2D eigenvalue weighted by atomic mass is 10.1. The monoisotopic (exact) mass is 215 g/mol. The van der Waals surface area contributed by atoms with Gasteiger partial charge in [0.05, 0.1) is 5.25 Å². The number of hydrogen-bond acceptors (Lipinski definition) is 2. The third-order valence-corrected chi connectivity index (χ3v) is 4.39. The highest BCUT2D eigenvalue weighted by Crippen LogP contribution is 2.28. The van der Waals surface area contributed by atoms with E-state index in [0.717, 1.165) is 24.0 Å². The maximum absolute atomic E-state index is 11.6. The van der Waals surface area contributed by atoms with E-state index in [1.54, 1.807) is 13.8 Å². The zero-order valence-corrected chi connectivity index (χ0v) is 9.52. The molecule has 1 aliphatic rings. The molecule has 80 valence electrons. The van der Waals surface area contributed by atoms with Gasteiger partial charge in [-0.15, -0.1) is 0 Å². The highest BCUT2D eigenvalue weighted by Gasteiger charge is 2.27. The number of sulfonamides is 1. The molecule has 0 aromatic carbocycles. The molecular formula is C10H17NO2S. The molecule has 4 heteroatoms. The summed E-state index contributed by atoms with van der Waals surface area (Å²) in [6.07, 6.45) is 1.62. The molecule has 1 saturated carbocycles. The Labute approximate surface area is 85.9 Å². The quantitative estimate of drug-likeness (QED) is 0.777. The molecule has 0 amide bonds. The molecule has 1 atom stereocenters. The zero-order valence-electron chi connectivity index (χ0n) is 8.71. The molecule has 1 unspecified atom stereocenters. The molecule has 0 spiro atoms. The van der Waals surface area contributed by atoms with Crippen LogP contribution in [-0.2, 0) is 10.0 Å². The van der Waals surface area contributed by atoms with Crippen molar-refractivity contribution in [2.75, 3.05) is 0 Å². The van der Waals surface area contributed by atoms with Crippen LogP contribution < -0.4 is 4.72 Å². The second kappa shape index (κ2) is 3.87. The van der Waals surface area contributed by atoms with Crippen LogP contribution in [0.25, 0.3) is 0 Å². The van der Waals surface area contributed by atoms with Crippen molar-refractivity contribution in [2.24, 2.45) is 0 Å². The first kappa shape index (κ1) is 11.5. The fraction of sp³-hybridized carbons (Fsp3) is 0.600. The summed E-state index contributed by atoms with van der Waals surface area (Å²) in [6, 6.07) is -0.144. The Hall–Kier alpha value is -0.610. The minimum atomic E-state index is -3.19. The highest BCUT2D eigenvalue weighted by atomic mass is 32.2. The van der Waals surface area contributed by atoms with Gasteiger partial charge in [0.2, 0.25) is 10.0 Å². The largest absolute Gasteiger partial charge is 0.214 e. The van der Waals surface area contributed by atoms with E-state index in [1.165, 1.54) is 0 Å². The highest BCUT2D eigenvalue weighted by molar-refractivity contribution is 7.90. The van der Waals surface area contributed by atoms with Crippen LogP contribution in [-0.4, -0.2) is 19.7 Å². The third-order valence-electron chi connectivity index (χ3n) is 2.54. The van der Waals surface area contributed by atoms with Crippen LogP contribution in [0.3, 0.4) is 0 Å². The van der Waals surface area contributed by atoms with Crippen molar-refractivity contribution in [3.63, 3.8) is 0 Å². The number of nitrogens with one attached hydrogen (secondary N) is 1.